The first-order valence-corrected chi connectivity index (χ1v) is 7.66. The molecule has 0 amide bonds. The van der Waals surface area contributed by atoms with E-state index in [0.29, 0.717) is 10.8 Å². The highest BCUT2D eigenvalue weighted by atomic mass is 32.2. The van der Waals surface area contributed by atoms with Gasteiger partial charge in [-0.15, -0.1) is 11.3 Å². The van der Waals surface area contributed by atoms with Crippen LogP contribution < -0.4 is 10.5 Å². The molecule has 0 unspecified atom stereocenters. The number of hydrogen-bond acceptors (Lipinski definition) is 6. The molecule has 0 saturated carbocycles. The zero-order chi connectivity index (χ0) is 14.0. The Kier molecular flexibility index (Phi) is 4.30. The topological polar surface area (TPSA) is 122 Å². The Morgan fingerprint density at radius 1 is 1.61 bits per heavy atom. The van der Waals surface area contributed by atoms with Gasteiger partial charge in [0.1, 0.15) is 5.41 Å². The van der Waals surface area contributed by atoms with Gasteiger partial charge in [0.2, 0.25) is 10.0 Å². The Bertz CT molecular complexity index is 536. The van der Waals surface area contributed by atoms with E-state index in [-0.39, 0.29) is 12.3 Å². The van der Waals surface area contributed by atoms with Crippen molar-refractivity contribution in [3.05, 3.63) is 11.1 Å². The predicted octanol–water partition coefficient (Wildman–Crippen LogP) is 0.206. The van der Waals surface area contributed by atoms with E-state index < -0.39 is 21.4 Å². The summed E-state index contributed by atoms with van der Waals surface area (Å²) >= 11 is 1.22. The Hall–Kier alpha value is -1.19. The minimum atomic E-state index is -3.51. The van der Waals surface area contributed by atoms with E-state index in [0.717, 1.165) is 0 Å². The third kappa shape index (κ3) is 3.93. The quantitative estimate of drug-likeness (QED) is 0.689. The Labute approximate surface area is 109 Å². The number of carbonyl (C=O) groups is 1. The Morgan fingerprint density at radius 3 is 2.72 bits per heavy atom. The van der Waals surface area contributed by atoms with E-state index in [1.54, 1.807) is 19.2 Å². The molecule has 0 aromatic carbocycles. The number of nitrogens with zero attached hydrogens (tertiary/aromatic N) is 1. The van der Waals surface area contributed by atoms with E-state index in [1.165, 1.54) is 11.3 Å². The van der Waals surface area contributed by atoms with Gasteiger partial charge < -0.3 is 10.4 Å². The first-order valence-electron chi connectivity index (χ1n) is 5.06. The molecule has 1 aromatic heterocycles. The highest BCUT2D eigenvalue weighted by Crippen LogP contribution is 2.27. The van der Waals surface area contributed by atoms with Gasteiger partial charge >= 0.3 is 5.97 Å². The number of aliphatic carboxylic acids is 1. The summed E-state index contributed by atoms with van der Waals surface area (Å²) in [5.41, 5.74) is -0.644. The molecular weight excluding hydrogens is 278 g/mol. The summed E-state index contributed by atoms with van der Waals surface area (Å²) in [6, 6.07) is 0. The van der Waals surface area contributed by atoms with Gasteiger partial charge in [-0.2, -0.15) is 0 Å². The molecule has 0 aliphatic heterocycles. The molecular formula is C9H15N3O4S2. The number of carboxylic acid groups (broad SMARTS) is 1. The molecule has 0 radical (unpaired) electrons. The summed E-state index contributed by atoms with van der Waals surface area (Å²) in [6.45, 7) is 3.25. The molecule has 18 heavy (non-hydrogen) atoms. The molecule has 9 heteroatoms. The lowest BCUT2D eigenvalue weighted by Gasteiger charge is -2.15. The van der Waals surface area contributed by atoms with Crippen molar-refractivity contribution in [1.82, 2.24) is 4.98 Å². The average Bonchev–Trinajstić information content (AvgIpc) is 2.64. The zero-order valence-corrected chi connectivity index (χ0v) is 11.6. The van der Waals surface area contributed by atoms with Crippen LogP contribution in [0.4, 0.5) is 5.13 Å². The minimum Gasteiger partial charge on any atom is -0.481 e. The molecule has 102 valence electrons. The number of thiazole rings is 1. The highest BCUT2D eigenvalue weighted by molar-refractivity contribution is 7.89. The van der Waals surface area contributed by atoms with Crippen LogP contribution in [0.3, 0.4) is 0 Å². The molecule has 4 N–H and O–H groups in total. The molecule has 0 fully saturated rings. The van der Waals surface area contributed by atoms with Crippen molar-refractivity contribution in [3.63, 3.8) is 0 Å². The fourth-order valence-electron chi connectivity index (χ4n) is 1.05. The van der Waals surface area contributed by atoms with Crippen LogP contribution in [0.1, 0.15) is 19.5 Å². The van der Waals surface area contributed by atoms with Gasteiger partial charge in [-0.25, -0.2) is 18.5 Å². The number of nitrogens with one attached hydrogen (secondary N) is 1. The van der Waals surface area contributed by atoms with E-state index in [9.17, 15) is 13.2 Å². The van der Waals surface area contributed by atoms with Crippen molar-refractivity contribution in [1.29, 1.82) is 0 Å². The second-order valence-electron chi connectivity index (χ2n) is 4.26. The van der Waals surface area contributed by atoms with E-state index >= 15 is 0 Å². The molecule has 1 heterocycles. The van der Waals surface area contributed by atoms with Crippen LogP contribution in [0.15, 0.2) is 5.38 Å². The Morgan fingerprint density at radius 2 is 2.22 bits per heavy atom. The summed E-state index contributed by atoms with van der Waals surface area (Å²) in [4.78, 5) is 15.1. The smallest absolute Gasteiger partial charge is 0.315 e. The molecule has 0 spiro atoms. The summed E-state index contributed by atoms with van der Waals surface area (Å²) in [7, 11) is -3.51. The van der Waals surface area contributed by atoms with Crippen LogP contribution in [0.25, 0.3) is 0 Å². The minimum absolute atomic E-state index is 0.138. The number of aromatic nitrogens is 1. The molecule has 1 aromatic rings. The van der Waals surface area contributed by atoms with Gasteiger partial charge in [0, 0.05) is 11.9 Å². The van der Waals surface area contributed by atoms with Gasteiger partial charge in [0.15, 0.2) is 5.13 Å². The van der Waals surface area contributed by atoms with Gasteiger partial charge in [0.25, 0.3) is 0 Å². The molecule has 0 atom stereocenters. The fourth-order valence-corrected chi connectivity index (χ4v) is 2.35. The van der Waals surface area contributed by atoms with Gasteiger partial charge in [-0.1, -0.05) is 0 Å². The number of primary sulfonamides is 1. The third-order valence-corrected chi connectivity index (χ3v) is 3.92. The van der Waals surface area contributed by atoms with Crippen LogP contribution in [-0.2, 0) is 20.2 Å². The van der Waals surface area contributed by atoms with Gasteiger partial charge in [-0.3, -0.25) is 4.79 Å². The normalized spacial score (nSPS) is 12.4. The van der Waals surface area contributed by atoms with Crippen LogP contribution in [0.2, 0.25) is 0 Å². The summed E-state index contributed by atoms with van der Waals surface area (Å²) in [6.07, 6.45) is 0. The molecule has 0 saturated heterocycles. The van der Waals surface area contributed by atoms with E-state index in [2.05, 4.69) is 10.3 Å². The lowest BCUT2D eigenvalue weighted by molar-refractivity contribution is -0.142. The number of anilines is 1. The number of carboxylic acids is 1. The van der Waals surface area contributed by atoms with Crippen LogP contribution in [-0.4, -0.2) is 36.8 Å². The summed E-state index contributed by atoms with van der Waals surface area (Å²) in [5, 5.41) is 18.8. The second kappa shape index (κ2) is 5.21. The maximum atomic E-state index is 11.0. The van der Waals surface area contributed by atoms with Crippen molar-refractivity contribution in [3.8, 4) is 0 Å². The predicted molar refractivity (Wildman–Crippen MR) is 69.2 cm³/mol. The maximum absolute atomic E-state index is 11.0. The largest absolute Gasteiger partial charge is 0.481 e. The molecule has 0 aliphatic rings. The molecule has 0 bridgehead atoms. The molecule has 0 aliphatic carbocycles. The first kappa shape index (κ1) is 14.9. The lowest BCUT2D eigenvalue weighted by Crippen LogP contribution is -2.29. The number of nitrogens with two attached hydrogens (primary N) is 1. The average molecular weight is 293 g/mol. The zero-order valence-electron chi connectivity index (χ0n) is 10.0. The fraction of sp³-hybridized carbons (Fsp3) is 0.556. The standard InChI is InChI=1S/C9H15N3O4S2/c1-9(2,7(13)14)6-5-17-8(12-6)11-3-4-18(10,15)16/h5H,3-4H2,1-2H3,(H,11,12)(H,13,14)(H2,10,15,16). The molecule has 1 rings (SSSR count). The molecule has 7 nitrogen and oxygen atoms in total. The number of hydrogen-bond donors (Lipinski definition) is 3. The highest BCUT2D eigenvalue weighted by Gasteiger charge is 2.32. The van der Waals surface area contributed by atoms with Gasteiger partial charge in [-0.05, 0) is 13.8 Å². The van der Waals surface area contributed by atoms with Crippen molar-refractivity contribution in [2.24, 2.45) is 5.14 Å². The van der Waals surface area contributed by atoms with Crippen molar-refractivity contribution in [2.75, 3.05) is 17.6 Å². The van der Waals surface area contributed by atoms with E-state index in [4.69, 9.17) is 10.2 Å². The van der Waals surface area contributed by atoms with Crippen LogP contribution in [0, 0.1) is 0 Å². The SMILES string of the molecule is CC(C)(C(=O)O)c1csc(NCCS(N)(=O)=O)n1. The number of rotatable bonds is 6. The monoisotopic (exact) mass is 293 g/mol. The summed E-state index contributed by atoms with van der Waals surface area (Å²) in [5.74, 6) is -1.17. The van der Waals surface area contributed by atoms with Crippen LogP contribution in [0.5, 0.6) is 0 Å². The van der Waals surface area contributed by atoms with E-state index in [1.807, 2.05) is 0 Å². The van der Waals surface area contributed by atoms with Crippen LogP contribution >= 0.6 is 11.3 Å². The third-order valence-electron chi connectivity index (χ3n) is 2.34. The van der Waals surface area contributed by atoms with Crippen molar-refractivity contribution >= 4 is 32.5 Å². The maximum Gasteiger partial charge on any atom is 0.315 e. The second-order valence-corrected chi connectivity index (χ2v) is 6.85. The first-order chi connectivity index (χ1) is 8.13. The Balaban J connectivity index is 2.67. The van der Waals surface area contributed by atoms with Gasteiger partial charge in [0.05, 0.1) is 11.4 Å². The van der Waals surface area contributed by atoms with Crippen molar-refractivity contribution in [2.45, 2.75) is 19.3 Å². The number of sulfonamides is 1. The lowest BCUT2D eigenvalue weighted by atomic mass is 9.90. The van der Waals surface area contributed by atoms with Crippen molar-refractivity contribution < 1.29 is 18.3 Å². The summed E-state index contributed by atoms with van der Waals surface area (Å²) < 4.78 is 21.4.